The highest BCUT2D eigenvalue weighted by atomic mass is 33.1. The third-order valence-electron chi connectivity index (χ3n) is 11.0. The molecule has 0 saturated carbocycles. The Kier molecular flexibility index (Phi) is 30.4. The van der Waals surface area contributed by atoms with Crippen LogP contribution in [0.5, 0.6) is 5.75 Å². The van der Waals surface area contributed by atoms with Gasteiger partial charge in [0.05, 0.1) is 45.4 Å². The Balaban J connectivity index is 3.60. The van der Waals surface area contributed by atoms with Crippen LogP contribution in [-0.4, -0.2) is 167 Å². The minimum absolute atomic E-state index is 0.0158. The van der Waals surface area contributed by atoms with E-state index in [4.69, 9.17) is 33.4 Å². The predicted molar refractivity (Wildman–Crippen MR) is 271 cm³/mol. The highest BCUT2D eigenvalue weighted by Crippen LogP contribution is 2.24. The highest BCUT2D eigenvalue weighted by Gasteiger charge is 2.35. The largest absolute Gasteiger partial charge is 0.508 e. The number of carbonyl (C=O) groups is 11. The molecule has 410 valence electrons. The number of nitrogens with one attached hydrogen (secondary N) is 6. The lowest BCUT2D eigenvalue weighted by Gasteiger charge is -2.30. The lowest BCUT2D eigenvalue weighted by Crippen LogP contribution is -2.59. The van der Waals surface area contributed by atoms with E-state index in [9.17, 15) is 63.0 Å². The van der Waals surface area contributed by atoms with E-state index in [2.05, 4.69) is 31.9 Å². The molecule has 1 aromatic rings. The van der Waals surface area contributed by atoms with Crippen molar-refractivity contribution in [3.63, 3.8) is 0 Å². The number of nitrogens with two attached hydrogens (primary N) is 5. The van der Waals surface area contributed by atoms with Gasteiger partial charge in [-0.05, 0) is 42.4 Å². The van der Waals surface area contributed by atoms with Crippen molar-refractivity contribution in [3.8, 4) is 5.75 Å². The Bertz CT molecular complexity index is 2040. The molecule has 1 rings (SSSR count). The zero-order chi connectivity index (χ0) is 55.4. The minimum Gasteiger partial charge on any atom is -0.508 e. The van der Waals surface area contributed by atoms with Crippen molar-refractivity contribution in [1.82, 2.24) is 36.8 Å². The van der Waals surface area contributed by atoms with Gasteiger partial charge in [0.25, 0.3) is 0 Å². The summed E-state index contributed by atoms with van der Waals surface area (Å²) in [7, 11) is 1.89. The summed E-state index contributed by atoms with van der Waals surface area (Å²) < 4.78 is 5.38. The molecule has 73 heavy (non-hydrogen) atoms. The van der Waals surface area contributed by atoms with Crippen molar-refractivity contribution < 1.29 is 67.7 Å². The molecule has 0 aromatic heterocycles. The van der Waals surface area contributed by atoms with Gasteiger partial charge in [-0.25, -0.2) is 0 Å². The van der Waals surface area contributed by atoms with Gasteiger partial charge in [-0.2, -0.15) is 0 Å². The summed E-state index contributed by atoms with van der Waals surface area (Å²) >= 11 is 0. The van der Waals surface area contributed by atoms with E-state index in [1.54, 1.807) is 20.8 Å². The number of phenols is 1. The van der Waals surface area contributed by atoms with Gasteiger partial charge in [0, 0.05) is 36.8 Å². The molecule has 0 aliphatic carbocycles. The van der Waals surface area contributed by atoms with Crippen LogP contribution in [-0.2, 0) is 63.9 Å². The lowest BCUT2D eigenvalue weighted by atomic mass is 9.92. The SMILES string of the molecule is CC[C@H](C)[C@H](C)C(=O)N[C@@H](CCC(N)=O)C(=O)N[C@@H](CC(N)=O)C(=O)N[C@@H](CSSC[C@H](N)C(=O)N[C@@H](Cc1ccc(O)cc1)C(N)=O)C(=O)N(CCOCCO)CC(=O)N[C@@H](CC(C)C)C(=O)NCC(N)=O. The van der Waals surface area contributed by atoms with Crippen LogP contribution < -0.4 is 60.6 Å². The maximum absolute atomic E-state index is 14.6. The first-order valence-corrected chi connectivity index (χ1v) is 26.0. The topological polar surface area (TPSA) is 443 Å². The normalized spacial score (nSPS) is 14.4. The second-order valence-corrected chi connectivity index (χ2v) is 20.1. The fourth-order valence-corrected chi connectivity index (χ4v) is 8.80. The van der Waals surface area contributed by atoms with Gasteiger partial charge in [0.1, 0.15) is 36.0 Å². The van der Waals surface area contributed by atoms with E-state index in [-0.39, 0.29) is 74.5 Å². The van der Waals surface area contributed by atoms with Crippen LogP contribution in [0.3, 0.4) is 0 Å². The van der Waals surface area contributed by atoms with Gasteiger partial charge in [-0.1, -0.05) is 74.8 Å². The fourth-order valence-electron chi connectivity index (χ4n) is 6.53. The average molecular weight is 1070 g/mol. The molecule has 28 heteroatoms. The second-order valence-electron chi connectivity index (χ2n) is 17.6. The molecule has 11 amide bonds. The summed E-state index contributed by atoms with van der Waals surface area (Å²) in [6, 6.07) is -2.56. The van der Waals surface area contributed by atoms with Gasteiger partial charge in [-0.15, -0.1) is 0 Å². The van der Waals surface area contributed by atoms with Crippen molar-refractivity contribution in [2.45, 2.75) is 109 Å². The third kappa shape index (κ3) is 26.3. The molecule has 0 aliphatic heterocycles. The number of phenolic OH excluding ortho intramolecular Hbond substituents is 1. The number of amides is 11. The van der Waals surface area contributed by atoms with Crippen LogP contribution in [0.15, 0.2) is 24.3 Å². The van der Waals surface area contributed by atoms with Gasteiger partial charge in [-0.3, -0.25) is 52.7 Å². The first-order valence-electron chi connectivity index (χ1n) is 23.5. The van der Waals surface area contributed by atoms with Crippen molar-refractivity contribution in [2.24, 2.45) is 46.4 Å². The van der Waals surface area contributed by atoms with Crippen molar-refractivity contribution in [2.75, 3.05) is 51.0 Å². The first-order chi connectivity index (χ1) is 34.3. The van der Waals surface area contributed by atoms with Gasteiger partial charge < -0.3 is 80.4 Å². The van der Waals surface area contributed by atoms with E-state index in [0.29, 0.717) is 12.0 Å². The molecule has 0 radical (unpaired) electrons. The number of rotatable bonds is 37. The van der Waals surface area contributed by atoms with Crippen LogP contribution >= 0.6 is 21.6 Å². The zero-order valence-electron chi connectivity index (χ0n) is 41.8. The quantitative estimate of drug-likeness (QED) is 0.0222. The molecule has 0 aliphatic rings. The number of aromatic hydroxyl groups is 1. The Morgan fingerprint density at radius 1 is 0.685 bits per heavy atom. The van der Waals surface area contributed by atoms with Crippen LogP contribution in [0, 0.1) is 17.8 Å². The zero-order valence-corrected chi connectivity index (χ0v) is 43.5. The molecule has 26 nitrogen and oxygen atoms in total. The lowest BCUT2D eigenvalue weighted by molar-refractivity contribution is -0.141. The number of hydrogen-bond acceptors (Lipinski definition) is 17. The molecule has 1 aromatic carbocycles. The summed E-state index contributed by atoms with van der Waals surface area (Å²) in [4.78, 5) is 144. The molecule has 0 spiro atoms. The number of carbonyl (C=O) groups excluding carboxylic acids is 11. The van der Waals surface area contributed by atoms with Crippen LogP contribution in [0.25, 0.3) is 0 Å². The van der Waals surface area contributed by atoms with Crippen molar-refractivity contribution in [1.29, 1.82) is 0 Å². The number of aliphatic hydroxyl groups is 1. The monoisotopic (exact) mass is 1070 g/mol. The third-order valence-corrected chi connectivity index (χ3v) is 13.4. The summed E-state index contributed by atoms with van der Waals surface area (Å²) in [5.41, 5.74) is 28.3. The molecular formula is C45H74N12O14S2. The van der Waals surface area contributed by atoms with E-state index in [1.165, 1.54) is 24.3 Å². The van der Waals surface area contributed by atoms with E-state index in [1.807, 2.05) is 13.8 Å². The van der Waals surface area contributed by atoms with Gasteiger partial charge >= 0.3 is 0 Å². The smallest absolute Gasteiger partial charge is 0.246 e. The first kappa shape index (κ1) is 64.8. The number of nitrogens with zero attached hydrogens (tertiary/aromatic N) is 1. The standard InChI is InChI=1S/C45H74N12O14S2/c1-6-25(4)26(5)40(65)53-30(11-12-35(47)60)43(68)55-33(19-36(48)61)44(69)56-34(23-73-72-22-29(46)41(66)54-31(39(50)64)18-27-7-9-28(59)10-8-27)45(70)57(13-15-71-16-14-58)21-38(63)52-32(17-24(2)3)42(67)51-20-37(49)62/h7-10,24-26,29-34,58-59H,6,11-23,46H2,1-5H3,(H2,47,60)(H2,48,61)(H2,49,62)(H2,50,64)(H,51,67)(H,52,63)(H,53,65)(H,54,66)(H,55,68)(H,56,69)/t25-,26-,29-,30-,31-,32-,33-,34-/m0/s1. The fraction of sp³-hybridized carbons (Fsp3) is 0.622. The Hall–Kier alpha value is -6.23. The van der Waals surface area contributed by atoms with Crippen LogP contribution in [0.2, 0.25) is 0 Å². The summed E-state index contributed by atoms with van der Waals surface area (Å²) in [6.45, 7) is 6.50. The molecule has 0 bridgehead atoms. The molecule has 0 heterocycles. The molecule has 8 atom stereocenters. The maximum atomic E-state index is 14.6. The van der Waals surface area contributed by atoms with Gasteiger partial charge in [0.15, 0.2) is 0 Å². The van der Waals surface area contributed by atoms with Crippen LogP contribution in [0.1, 0.15) is 72.3 Å². The Labute approximate surface area is 432 Å². The van der Waals surface area contributed by atoms with Gasteiger partial charge in [0.2, 0.25) is 65.0 Å². The summed E-state index contributed by atoms with van der Waals surface area (Å²) in [5.74, 6) is -10.8. The molecule has 0 fully saturated rings. The molecule has 0 saturated heterocycles. The summed E-state index contributed by atoms with van der Waals surface area (Å²) in [6.07, 6.45) is -0.751. The highest BCUT2D eigenvalue weighted by molar-refractivity contribution is 8.76. The Morgan fingerprint density at radius 2 is 1.27 bits per heavy atom. The molecule has 18 N–H and O–H groups in total. The number of hydrogen-bond donors (Lipinski definition) is 13. The maximum Gasteiger partial charge on any atom is 0.246 e. The number of benzene rings is 1. The average Bonchev–Trinajstić information content (AvgIpc) is 3.32. The van der Waals surface area contributed by atoms with Crippen molar-refractivity contribution >= 4 is 86.6 Å². The predicted octanol–water partition coefficient (Wildman–Crippen LogP) is -4.14. The minimum atomic E-state index is -1.78. The summed E-state index contributed by atoms with van der Waals surface area (Å²) in [5, 5.41) is 33.7. The van der Waals surface area contributed by atoms with Crippen molar-refractivity contribution in [3.05, 3.63) is 29.8 Å². The molecular weight excluding hydrogens is 997 g/mol. The number of aliphatic hydroxyl groups excluding tert-OH is 1. The van der Waals surface area contributed by atoms with E-state index < -0.39 is 133 Å². The number of ether oxygens (including phenoxy) is 1. The number of primary amides is 4. The molecule has 0 unspecified atom stereocenters. The van der Waals surface area contributed by atoms with E-state index >= 15 is 0 Å². The van der Waals surface area contributed by atoms with E-state index in [0.717, 1.165) is 26.5 Å². The van der Waals surface area contributed by atoms with Crippen LogP contribution in [0.4, 0.5) is 0 Å². The second kappa shape index (κ2) is 34.2. The Morgan fingerprint density at radius 3 is 1.84 bits per heavy atom.